The van der Waals surface area contributed by atoms with Gasteiger partial charge in [-0.15, -0.1) is 0 Å². The second-order valence-corrected chi connectivity index (χ2v) is 3.94. The van der Waals surface area contributed by atoms with Crippen molar-refractivity contribution in [2.24, 2.45) is 0 Å². The van der Waals surface area contributed by atoms with Gasteiger partial charge >= 0.3 is 0 Å². The Morgan fingerprint density at radius 3 is 3.06 bits per heavy atom. The Balaban J connectivity index is 2.11. The third-order valence-electron chi connectivity index (χ3n) is 2.34. The van der Waals surface area contributed by atoms with E-state index in [9.17, 15) is 4.79 Å². The molecule has 1 heterocycles. The third-order valence-corrected chi connectivity index (χ3v) is 2.34. The Morgan fingerprint density at radius 2 is 2.41 bits per heavy atom. The van der Waals surface area contributed by atoms with Crippen molar-refractivity contribution in [3.63, 3.8) is 0 Å². The van der Waals surface area contributed by atoms with E-state index in [1.54, 1.807) is 19.4 Å². The zero-order chi connectivity index (χ0) is 12.5. The molecular formula is C12H20N2O3. The lowest BCUT2D eigenvalue weighted by molar-refractivity contribution is -0.122. The maximum atomic E-state index is 11.6. The number of amides is 1. The van der Waals surface area contributed by atoms with E-state index in [-0.39, 0.29) is 5.91 Å². The van der Waals surface area contributed by atoms with Crippen LogP contribution in [0.15, 0.2) is 22.8 Å². The summed E-state index contributed by atoms with van der Waals surface area (Å²) in [6, 6.07) is 3.64. The molecule has 96 valence electrons. The molecule has 0 bridgehead atoms. The number of nitrogens with zero attached hydrogens (tertiary/aromatic N) is 1. The molecule has 0 aliphatic carbocycles. The Bertz CT molecular complexity index is 312. The Morgan fingerprint density at radius 1 is 1.59 bits per heavy atom. The number of likely N-dealkylation sites (N-methyl/N-ethyl adjacent to an activating group) is 1. The second kappa shape index (κ2) is 7.86. The molecular weight excluding hydrogens is 220 g/mol. The molecule has 1 amide bonds. The van der Waals surface area contributed by atoms with Crippen LogP contribution in [0.4, 0.5) is 0 Å². The number of carbonyl (C=O) groups is 1. The fraction of sp³-hybridized carbons (Fsp3) is 0.583. The molecule has 1 aromatic heterocycles. The molecule has 0 aromatic carbocycles. The number of hydrogen-bond donors (Lipinski definition) is 1. The average Bonchev–Trinajstić information content (AvgIpc) is 2.79. The molecule has 0 radical (unpaired) electrons. The Kier molecular flexibility index (Phi) is 6.35. The fourth-order valence-corrected chi connectivity index (χ4v) is 1.46. The number of ether oxygens (including phenoxy) is 1. The quantitative estimate of drug-likeness (QED) is 0.685. The van der Waals surface area contributed by atoms with Crippen LogP contribution in [0.25, 0.3) is 0 Å². The number of hydrogen-bond acceptors (Lipinski definition) is 4. The van der Waals surface area contributed by atoms with Crippen LogP contribution in [0.1, 0.15) is 12.2 Å². The van der Waals surface area contributed by atoms with Gasteiger partial charge in [-0.25, -0.2) is 0 Å². The van der Waals surface area contributed by atoms with E-state index in [0.717, 1.165) is 25.3 Å². The van der Waals surface area contributed by atoms with E-state index in [1.807, 2.05) is 18.0 Å². The smallest absolute Gasteiger partial charge is 0.234 e. The molecule has 0 aliphatic heterocycles. The highest BCUT2D eigenvalue weighted by Crippen LogP contribution is 1.98. The van der Waals surface area contributed by atoms with Gasteiger partial charge in [0.1, 0.15) is 5.76 Å². The van der Waals surface area contributed by atoms with Gasteiger partial charge in [0.05, 0.1) is 19.4 Å². The van der Waals surface area contributed by atoms with Gasteiger partial charge in [-0.05, 0) is 25.6 Å². The van der Waals surface area contributed by atoms with E-state index in [1.165, 1.54) is 0 Å². The van der Waals surface area contributed by atoms with Crippen molar-refractivity contribution in [2.45, 2.75) is 13.0 Å². The predicted octanol–water partition coefficient (Wildman–Crippen LogP) is 0.864. The molecule has 17 heavy (non-hydrogen) atoms. The largest absolute Gasteiger partial charge is 0.467 e. The maximum absolute atomic E-state index is 11.6. The zero-order valence-electron chi connectivity index (χ0n) is 10.4. The molecule has 5 heteroatoms. The summed E-state index contributed by atoms with van der Waals surface area (Å²) in [7, 11) is 3.60. The molecule has 1 aromatic rings. The van der Waals surface area contributed by atoms with Crippen LogP contribution in [-0.2, 0) is 16.1 Å². The van der Waals surface area contributed by atoms with Crippen molar-refractivity contribution < 1.29 is 13.9 Å². The van der Waals surface area contributed by atoms with Gasteiger partial charge in [-0.3, -0.25) is 9.69 Å². The highest BCUT2D eigenvalue weighted by molar-refractivity contribution is 5.77. The third kappa shape index (κ3) is 6.09. The molecule has 0 fully saturated rings. The van der Waals surface area contributed by atoms with Crippen LogP contribution in [-0.4, -0.2) is 44.7 Å². The first kappa shape index (κ1) is 13.7. The molecule has 0 saturated carbocycles. The van der Waals surface area contributed by atoms with Gasteiger partial charge in [-0.2, -0.15) is 0 Å². The molecule has 5 nitrogen and oxygen atoms in total. The number of rotatable bonds is 8. The lowest BCUT2D eigenvalue weighted by Gasteiger charge is -2.15. The maximum Gasteiger partial charge on any atom is 0.234 e. The van der Waals surface area contributed by atoms with Gasteiger partial charge in [0.15, 0.2) is 0 Å². The van der Waals surface area contributed by atoms with Crippen LogP contribution in [0.5, 0.6) is 0 Å². The fourth-order valence-electron chi connectivity index (χ4n) is 1.46. The minimum Gasteiger partial charge on any atom is -0.467 e. The summed E-state index contributed by atoms with van der Waals surface area (Å²) in [5.74, 6) is 0.765. The minimum absolute atomic E-state index is 0.00122. The van der Waals surface area contributed by atoms with E-state index < -0.39 is 0 Å². The van der Waals surface area contributed by atoms with Gasteiger partial charge in [0, 0.05) is 20.3 Å². The Hall–Kier alpha value is -1.33. The molecule has 0 saturated heterocycles. The molecule has 1 rings (SSSR count). The topological polar surface area (TPSA) is 54.7 Å². The monoisotopic (exact) mass is 240 g/mol. The number of carbonyl (C=O) groups excluding carboxylic acids is 1. The first-order valence-electron chi connectivity index (χ1n) is 5.69. The first-order chi connectivity index (χ1) is 8.22. The first-order valence-corrected chi connectivity index (χ1v) is 5.69. The lowest BCUT2D eigenvalue weighted by Crippen LogP contribution is -2.35. The van der Waals surface area contributed by atoms with Crippen molar-refractivity contribution in [2.75, 3.05) is 33.9 Å². The standard InChI is InChI=1S/C12H20N2O3/c1-14(6-4-7-16-2)10-12(15)13-9-11-5-3-8-17-11/h3,5,8H,4,6-7,9-10H2,1-2H3,(H,13,15). The van der Waals surface area contributed by atoms with Gasteiger partial charge < -0.3 is 14.5 Å². The highest BCUT2D eigenvalue weighted by Gasteiger charge is 2.06. The summed E-state index contributed by atoms with van der Waals surface area (Å²) in [4.78, 5) is 13.5. The molecule has 1 N–H and O–H groups in total. The minimum atomic E-state index is 0.00122. The summed E-state index contributed by atoms with van der Waals surface area (Å²) < 4.78 is 10.1. The lowest BCUT2D eigenvalue weighted by atomic mass is 10.4. The van der Waals surface area contributed by atoms with Crippen molar-refractivity contribution in [3.05, 3.63) is 24.2 Å². The zero-order valence-corrected chi connectivity index (χ0v) is 10.4. The van der Waals surface area contributed by atoms with E-state index in [0.29, 0.717) is 13.1 Å². The van der Waals surface area contributed by atoms with Gasteiger partial charge in [0.25, 0.3) is 0 Å². The Labute approximate surface area is 102 Å². The number of nitrogens with one attached hydrogen (secondary N) is 1. The second-order valence-electron chi connectivity index (χ2n) is 3.94. The van der Waals surface area contributed by atoms with Crippen molar-refractivity contribution in [1.29, 1.82) is 0 Å². The van der Waals surface area contributed by atoms with Crippen LogP contribution in [0.2, 0.25) is 0 Å². The van der Waals surface area contributed by atoms with E-state index in [4.69, 9.17) is 9.15 Å². The van der Waals surface area contributed by atoms with Crippen molar-refractivity contribution in [3.8, 4) is 0 Å². The molecule has 0 unspecified atom stereocenters. The van der Waals surface area contributed by atoms with E-state index >= 15 is 0 Å². The summed E-state index contributed by atoms with van der Waals surface area (Å²) in [6.07, 6.45) is 2.52. The van der Waals surface area contributed by atoms with Gasteiger partial charge in [0.2, 0.25) is 5.91 Å². The summed E-state index contributed by atoms with van der Waals surface area (Å²) in [5.41, 5.74) is 0. The van der Waals surface area contributed by atoms with Crippen LogP contribution in [0, 0.1) is 0 Å². The summed E-state index contributed by atoms with van der Waals surface area (Å²) in [5, 5.41) is 2.80. The average molecular weight is 240 g/mol. The van der Waals surface area contributed by atoms with Crippen molar-refractivity contribution >= 4 is 5.91 Å². The number of furan rings is 1. The molecule has 0 atom stereocenters. The highest BCUT2D eigenvalue weighted by atomic mass is 16.5. The summed E-state index contributed by atoms with van der Waals surface area (Å²) >= 11 is 0. The SMILES string of the molecule is COCCCN(C)CC(=O)NCc1ccco1. The van der Waals surface area contributed by atoms with Crippen LogP contribution >= 0.6 is 0 Å². The van der Waals surface area contributed by atoms with Crippen LogP contribution in [0.3, 0.4) is 0 Å². The normalized spacial score (nSPS) is 10.8. The number of methoxy groups -OCH3 is 1. The van der Waals surface area contributed by atoms with Gasteiger partial charge in [-0.1, -0.05) is 0 Å². The summed E-state index contributed by atoms with van der Waals surface area (Å²) in [6.45, 7) is 2.41. The molecule has 0 aliphatic rings. The van der Waals surface area contributed by atoms with E-state index in [2.05, 4.69) is 5.32 Å². The molecule has 0 spiro atoms. The van der Waals surface area contributed by atoms with Crippen LogP contribution < -0.4 is 5.32 Å². The predicted molar refractivity (Wildman–Crippen MR) is 64.5 cm³/mol. The van der Waals surface area contributed by atoms with Crippen molar-refractivity contribution in [1.82, 2.24) is 10.2 Å².